The summed E-state index contributed by atoms with van der Waals surface area (Å²) in [5, 5.41) is 19.3. The topological polar surface area (TPSA) is 78.0 Å². The Morgan fingerprint density at radius 3 is 2.42 bits per heavy atom. The van der Waals surface area contributed by atoms with E-state index in [-0.39, 0.29) is 18.6 Å². The molecule has 0 aliphatic heterocycles. The zero-order chi connectivity index (χ0) is 16.8. The zero-order valence-corrected chi connectivity index (χ0v) is 13.1. The Morgan fingerprint density at radius 2 is 1.75 bits per heavy atom. The molecule has 122 valence electrons. The number of carbonyl (C=O) groups is 1. The van der Waals surface area contributed by atoms with E-state index in [0.29, 0.717) is 17.7 Å². The first-order valence-corrected chi connectivity index (χ1v) is 7.82. The summed E-state index contributed by atoms with van der Waals surface area (Å²) in [5.74, 6) is -0.252. The number of rotatable bonds is 6. The highest BCUT2D eigenvalue weighted by atomic mass is 16.3. The molecular weight excluding hydrogens is 302 g/mol. The minimum absolute atomic E-state index is 0.126. The number of aromatic nitrogens is 2. The van der Waals surface area contributed by atoms with Gasteiger partial charge < -0.3 is 10.4 Å². The Bertz CT molecular complexity index is 785. The molecule has 1 atom stereocenters. The van der Waals surface area contributed by atoms with Crippen molar-refractivity contribution in [2.75, 3.05) is 6.61 Å². The predicted molar refractivity (Wildman–Crippen MR) is 92.5 cm³/mol. The standard InChI is InChI=1S/C19H19N3O2/c23-13-16(11-14-7-3-1-4-8-14)21-19(24)17-12-20-22-18(17)15-9-5-2-6-10-15/h1-10,12,16,23H,11,13H2,(H,20,22)(H,21,24)/t16-/m0/s1. The van der Waals surface area contributed by atoms with Crippen LogP contribution in [0.4, 0.5) is 0 Å². The molecule has 3 rings (SSSR count). The third kappa shape index (κ3) is 3.70. The third-order valence-electron chi connectivity index (χ3n) is 3.83. The van der Waals surface area contributed by atoms with E-state index < -0.39 is 0 Å². The first-order valence-electron chi connectivity index (χ1n) is 7.82. The monoisotopic (exact) mass is 321 g/mol. The second-order valence-corrected chi connectivity index (χ2v) is 5.57. The lowest BCUT2D eigenvalue weighted by molar-refractivity contribution is 0.0917. The van der Waals surface area contributed by atoms with Gasteiger partial charge in [-0.05, 0) is 12.0 Å². The molecule has 0 unspecified atom stereocenters. The summed E-state index contributed by atoms with van der Waals surface area (Å²) in [6.45, 7) is -0.126. The van der Waals surface area contributed by atoms with Gasteiger partial charge in [-0.1, -0.05) is 60.7 Å². The second kappa shape index (κ2) is 7.57. The van der Waals surface area contributed by atoms with Crippen molar-refractivity contribution in [1.82, 2.24) is 15.5 Å². The molecule has 0 saturated carbocycles. The average molecular weight is 321 g/mol. The van der Waals surface area contributed by atoms with Gasteiger partial charge in [-0.25, -0.2) is 0 Å². The Hall–Kier alpha value is -2.92. The fourth-order valence-electron chi connectivity index (χ4n) is 2.61. The van der Waals surface area contributed by atoms with Crippen LogP contribution in [0, 0.1) is 0 Å². The normalized spacial score (nSPS) is 11.9. The van der Waals surface area contributed by atoms with E-state index in [9.17, 15) is 9.90 Å². The van der Waals surface area contributed by atoms with Crippen LogP contribution in [0.3, 0.4) is 0 Å². The van der Waals surface area contributed by atoms with E-state index in [2.05, 4.69) is 15.5 Å². The molecule has 1 amide bonds. The van der Waals surface area contributed by atoms with Crippen molar-refractivity contribution < 1.29 is 9.90 Å². The summed E-state index contributed by atoms with van der Waals surface area (Å²) in [7, 11) is 0. The van der Waals surface area contributed by atoms with Crippen LogP contribution < -0.4 is 5.32 Å². The molecule has 0 aliphatic carbocycles. The average Bonchev–Trinajstić information content (AvgIpc) is 3.12. The lowest BCUT2D eigenvalue weighted by atomic mass is 10.0. The highest BCUT2D eigenvalue weighted by Gasteiger charge is 2.18. The molecule has 0 saturated heterocycles. The van der Waals surface area contributed by atoms with E-state index in [1.165, 1.54) is 6.20 Å². The van der Waals surface area contributed by atoms with Crippen molar-refractivity contribution >= 4 is 5.91 Å². The highest BCUT2D eigenvalue weighted by molar-refractivity contribution is 5.99. The molecule has 0 spiro atoms. The predicted octanol–water partition coefficient (Wildman–Crippen LogP) is 2.41. The molecule has 5 nitrogen and oxygen atoms in total. The maximum atomic E-state index is 12.6. The summed E-state index contributed by atoms with van der Waals surface area (Å²) in [5.41, 5.74) is 3.09. The molecule has 5 heteroatoms. The number of nitrogens with zero attached hydrogens (tertiary/aromatic N) is 1. The van der Waals surface area contributed by atoms with Crippen molar-refractivity contribution in [1.29, 1.82) is 0 Å². The van der Waals surface area contributed by atoms with Crippen LogP contribution in [0.1, 0.15) is 15.9 Å². The summed E-state index contributed by atoms with van der Waals surface area (Å²) < 4.78 is 0. The molecular formula is C19H19N3O2. The summed E-state index contributed by atoms with van der Waals surface area (Å²) >= 11 is 0. The summed E-state index contributed by atoms with van der Waals surface area (Å²) in [4.78, 5) is 12.6. The van der Waals surface area contributed by atoms with Crippen LogP contribution in [0.25, 0.3) is 11.3 Å². The van der Waals surface area contributed by atoms with E-state index in [1.54, 1.807) is 0 Å². The Labute approximate surface area is 140 Å². The molecule has 3 aromatic rings. The van der Waals surface area contributed by atoms with Crippen molar-refractivity contribution in [2.24, 2.45) is 0 Å². The molecule has 1 aromatic heterocycles. The highest BCUT2D eigenvalue weighted by Crippen LogP contribution is 2.20. The molecule has 0 bridgehead atoms. The van der Waals surface area contributed by atoms with Crippen LogP contribution in [-0.4, -0.2) is 33.9 Å². The van der Waals surface area contributed by atoms with Crippen LogP contribution in [0.2, 0.25) is 0 Å². The van der Waals surface area contributed by atoms with E-state index in [1.807, 2.05) is 60.7 Å². The Kier molecular flexibility index (Phi) is 5.03. The van der Waals surface area contributed by atoms with Gasteiger partial charge in [-0.2, -0.15) is 5.10 Å². The molecule has 2 aromatic carbocycles. The lowest BCUT2D eigenvalue weighted by Gasteiger charge is -2.16. The van der Waals surface area contributed by atoms with Crippen molar-refractivity contribution in [3.05, 3.63) is 78.0 Å². The Morgan fingerprint density at radius 1 is 1.08 bits per heavy atom. The number of benzene rings is 2. The van der Waals surface area contributed by atoms with E-state index in [0.717, 1.165) is 11.1 Å². The van der Waals surface area contributed by atoms with Gasteiger partial charge in [0.15, 0.2) is 0 Å². The quantitative estimate of drug-likeness (QED) is 0.652. The largest absolute Gasteiger partial charge is 0.394 e. The van der Waals surface area contributed by atoms with E-state index >= 15 is 0 Å². The fourth-order valence-corrected chi connectivity index (χ4v) is 2.61. The lowest BCUT2D eigenvalue weighted by Crippen LogP contribution is -2.39. The maximum Gasteiger partial charge on any atom is 0.255 e. The van der Waals surface area contributed by atoms with Gasteiger partial charge in [0.25, 0.3) is 5.91 Å². The van der Waals surface area contributed by atoms with Gasteiger partial charge >= 0.3 is 0 Å². The van der Waals surface area contributed by atoms with Crippen molar-refractivity contribution in [2.45, 2.75) is 12.5 Å². The Balaban J connectivity index is 1.74. The molecule has 3 N–H and O–H groups in total. The van der Waals surface area contributed by atoms with Gasteiger partial charge in [-0.3, -0.25) is 9.89 Å². The number of hydrogen-bond donors (Lipinski definition) is 3. The number of aliphatic hydroxyl groups is 1. The van der Waals surface area contributed by atoms with Gasteiger partial charge in [0.05, 0.1) is 30.1 Å². The SMILES string of the molecule is O=C(N[C@H](CO)Cc1ccccc1)c1cn[nH]c1-c1ccccc1. The van der Waals surface area contributed by atoms with Gasteiger partial charge in [0.2, 0.25) is 0 Å². The maximum absolute atomic E-state index is 12.6. The number of carbonyl (C=O) groups excluding carboxylic acids is 1. The molecule has 0 aliphatic rings. The van der Waals surface area contributed by atoms with Crippen LogP contribution in [0.5, 0.6) is 0 Å². The van der Waals surface area contributed by atoms with Crippen LogP contribution in [0.15, 0.2) is 66.9 Å². The van der Waals surface area contributed by atoms with Crippen LogP contribution >= 0.6 is 0 Å². The molecule has 0 fully saturated rings. The number of aliphatic hydroxyl groups excluding tert-OH is 1. The number of H-pyrrole nitrogens is 1. The number of nitrogens with one attached hydrogen (secondary N) is 2. The van der Waals surface area contributed by atoms with E-state index in [4.69, 9.17) is 0 Å². The number of aromatic amines is 1. The van der Waals surface area contributed by atoms with Crippen LogP contribution in [-0.2, 0) is 6.42 Å². The van der Waals surface area contributed by atoms with Gasteiger partial charge in [0, 0.05) is 5.56 Å². The molecule has 0 radical (unpaired) electrons. The molecule has 24 heavy (non-hydrogen) atoms. The second-order valence-electron chi connectivity index (χ2n) is 5.57. The summed E-state index contributed by atoms with van der Waals surface area (Å²) in [6.07, 6.45) is 2.08. The minimum Gasteiger partial charge on any atom is -0.394 e. The summed E-state index contributed by atoms with van der Waals surface area (Å²) in [6, 6.07) is 19.0. The minimum atomic E-state index is -0.349. The zero-order valence-electron chi connectivity index (χ0n) is 13.1. The number of hydrogen-bond acceptors (Lipinski definition) is 3. The smallest absolute Gasteiger partial charge is 0.255 e. The van der Waals surface area contributed by atoms with Crippen molar-refractivity contribution in [3.8, 4) is 11.3 Å². The van der Waals surface area contributed by atoms with Gasteiger partial charge in [0.1, 0.15) is 0 Å². The first kappa shape index (κ1) is 16.0. The van der Waals surface area contributed by atoms with Gasteiger partial charge in [-0.15, -0.1) is 0 Å². The molecule has 1 heterocycles. The first-order chi connectivity index (χ1) is 11.8. The number of amides is 1. The third-order valence-corrected chi connectivity index (χ3v) is 3.83. The fraction of sp³-hybridized carbons (Fsp3) is 0.158. The van der Waals surface area contributed by atoms with Crippen molar-refractivity contribution in [3.63, 3.8) is 0 Å².